The molecule has 2 aromatic carbocycles. The van der Waals surface area contributed by atoms with E-state index >= 15 is 0 Å². The third-order valence-corrected chi connectivity index (χ3v) is 8.01. The van der Waals surface area contributed by atoms with Gasteiger partial charge in [-0.05, 0) is 0 Å². The van der Waals surface area contributed by atoms with Crippen LogP contribution in [-0.4, -0.2) is 15.8 Å². The molecular formula is C30H41ClN2Pd. The molecule has 1 unspecified atom stereocenters. The van der Waals surface area contributed by atoms with Crippen LogP contribution in [0.2, 0.25) is 0 Å². The van der Waals surface area contributed by atoms with E-state index in [1.54, 1.807) is 0 Å². The van der Waals surface area contributed by atoms with Crippen molar-refractivity contribution in [2.75, 3.05) is 16.3 Å². The summed E-state index contributed by atoms with van der Waals surface area (Å²) in [7, 11) is 0. The van der Waals surface area contributed by atoms with E-state index in [2.05, 4.69) is 127 Å². The fourth-order valence-electron chi connectivity index (χ4n) is 5.35. The van der Waals surface area contributed by atoms with Crippen molar-refractivity contribution < 1.29 is 18.7 Å². The first-order chi connectivity index (χ1) is 15.9. The monoisotopic (exact) mass is 570 g/mol. The van der Waals surface area contributed by atoms with E-state index in [4.69, 9.17) is 11.6 Å². The molecule has 1 atom stereocenters. The quantitative estimate of drug-likeness (QED) is 0.135. The number of hydrogen-bond donors (Lipinski definition) is 0. The van der Waals surface area contributed by atoms with Crippen LogP contribution in [0.5, 0.6) is 0 Å². The molecule has 0 aromatic heterocycles. The minimum absolute atomic E-state index is 0.382. The molecule has 0 saturated carbocycles. The van der Waals surface area contributed by atoms with Gasteiger partial charge in [-0.25, -0.2) is 0 Å². The van der Waals surface area contributed by atoms with Gasteiger partial charge in [-0.3, -0.25) is 0 Å². The molecule has 0 radical (unpaired) electrons. The SMILES string of the molecule is C=CCC1(Cl)CN(c2cccc(C(C)C)c2C(C)C)[C](=[Pd])N1c1cccc(C(C)C)c1C(C)C. The molecule has 2 aromatic rings. The van der Waals surface area contributed by atoms with E-state index in [-0.39, 0.29) is 0 Å². The third-order valence-electron chi connectivity index (χ3n) is 6.80. The zero-order valence-electron chi connectivity index (χ0n) is 22.1. The molecule has 0 bridgehead atoms. The Bertz CT molecular complexity index is 1060. The number of hydrogen-bond acceptors (Lipinski definition) is 2. The Kier molecular flexibility index (Phi) is 8.55. The van der Waals surface area contributed by atoms with Crippen LogP contribution < -0.4 is 9.80 Å². The van der Waals surface area contributed by atoms with Crippen LogP contribution in [0.15, 0.2) is 49.1 Å². The number of nitrogens with zero attached hydrogens (tertiary/aromatic N) is 2. The van der Waals surface area contributed by atoms with Gasteiger partial charge in [0, 0.05) is 0 Å². The summed E-state index contributed by atoms with van der Waals surface area (Å²) in [6.45, 7) is 23.0. The molecule has 2 nitrogen and oxygen atoms in total. The summed E-state index contributed by atoms with van der Waals surface area (Å²) in [6.07, 6.45) is 2.62. The summed E-state index contributed by atoms with van der Waals surface area (Å²) in [4.78, 5) is 4.08. The van der Waals surface area contributed by atoms with E-state index in [1.165, 1.54) is 33.6 Å². The molecule has 188 valence electrons. The van der Waals surface area contributed by atoms with Gasteiger partial charge in [-0.15, -0.1) is 0 Å². The second kappa shape index (κ2) is 10.7. The van der Waals surface area contributed by atoms with Crippen molar-refractivity contribution in [1.82, 2.24) is 0 Å². The number of alkyl halides is 1. The normalized spacial score (nSPS) is 18.9. The number of benzene rings is 2. The second-order valence-corrected chi connectivity index (χ2v) is 12.2. The van der Waals surface area contributed by atoms with Gasteiger partial charge >= 0.3 is 224 Å². The van der Waals surface area contributed by atoms with Crippen LogP contribution in [0, 0.1) is 0 Å². The zero-order valence-corrected chi connectivity index (χ0v) is 24.4. The molecule has 0 spiro atoms. The first-order valence-corrected chi connectivity index (χ1v) is 13.7. The van der Waals surface area contributed by atoms with Crippen LogP contribution in [0.1, 0.15) is 108 Å². The first kappa shape index (κ1) is 27.2. The Hall–Kier alpha value is -1.40. The van der Waals surface area contributed by atoms with Crippen molar-refractivity contribution in [3.8, 4) is 0 Å². The summed E-state index contributed by atoms with van der Waals surface area (Å²) >= 11 is 11.2. The summed E-state index contributed by atoms with van der Waals surface area (Å²) in [5, 5.41) is 0. The first-order valence-electron chi connectivity index (χ1n) is 12.6. The number of rotatable bonds is 8. The predicted molar refractivity (Wildman–Crippen MR) is 147 cm³/mol. The Labute approximate surface area is 223 Å². The molecule has 1 aliphatic heterocycles. The van der Waals surface area contributed by atoms with Crippen LogP contribution in [-0.2, 0) is 18.7 Å². The molecular weight excluding hydrogens is 530 g/mol. The number of halogens is 1. The molecule has 34 heavy (non-hydrogen) atoms. The van der Waals surface area contributed by atoms with Gasteiger partial charge in [0.2, 0.25) is 0 Å². The summed E-state index contributed by atoms with van der Waals surface area (Å²) < 4.78 is 1.03. The van der Waals surface area contributed by atoms with Crippen LogP contribution >= 0.6 is 11.6 Å². The molecule has 1 fully saturated rings. The average Bonchev–Trinajstić information content (AvgIpc) is 3.02. The van der Waals surface area contributed by atoms with Crippen molar-refractivity contribution in [2.24, 2.45) is 0 Å². The molecule has 0 N–H and O–H groups in total. The number of anilines is 2. The molecule has 4 heteroatoms. The maximum absolute atomic E-state index is 7.52. The van der Waals surface area contributed by atoms with Crippen molar-refractivity contribution in [2.45, 2.75) is 90.5 Å². The summed E-state index contributed by atoms with van der Waals surface area (Å²) in [5.41, 5.74) is 8.00. The summed E-state index contributed by atoms with van der Waals surface area (Å²) in [5.74, 6) is 1.69. The zero-order chi connectivity index (χ0) is 25.4. The van der Waals surface area contributed by atoms with Gasteiger partial charge in [0.1, 0.15) is 0 Å². The third kappa shape index (κ3) is 4.95. The van der Waals surface area contributed by atoms with Gasteiger partial charge in [0.05, 0.1) is 0 Å². The van der Waals surface area contributed by atoms with E-state index in [0.717, 1.165) is 4.23 Å². The van der Waals surface area contributed by atoms with E-state index in [9.17, 15) is 0 Å². The van der Waals surface area contributed by atoms with Gasteiger partial charge in [0.15, 0.2) is 0 Å². The van der Waals surface area contributed by atoms with Crippen LogP contribution in [0.4, 0.5) is 11.4 Å². The minimum atomic E-state index is -0.628. The van der Waals surface area contributed by atoms with E-state index in [0.29, 0.717) is 36.6 Å². The van der Waals surface area contributed by atoms with Gasteiger partial charge < -0.3 is 0 Å². The Morgan fingerprint density at radius 2 is 1.32 bits per heavy atom. The predicted octanol–water partition coefficient (Wildman–Crippen LogP) is 8.65. The topological polar surface area (TPSA) is 6.48 Å². The maximum atomic E-state index is 7.52. The Morgan fingerprint density at radius 1 is 0.853 bits per heavy atom. The van der Waals surface area contributed by atoms with Gasteiger partial charge in [-0.1, -0.05) is 0 Å². The van der Waals surface area contributed by atoms with Crippen molar-refractivity contribution in [1.29, 1.82) is 0 Å². The Morgan fingerprint density at radius 3 is 1.76 bits per heavy atom. The van der Waals surface area contributed by atoms with Crippen LogP contribution in [0.25, 0.3) is 0 Å². The fraction of sp³-hybridized carbons (Fsp3) is 0.500. The molecule has 1 heterocycles. The standard InChI is InChI=1S/C30H41ClN2.Pd/c1-10-17-30(31)18-32(26-15-11-13-24(20(2)3)28(26)22(6)7)19-33(30)27-16-12-14-25(21(4)5)29(27)23(8)9;/h10-16,20-23H,1,17-18H2,2-9H3;. The molecule has 1 saturated heterocycles. The molecule has 3 rings (SSSR count). The average molecular weight is 572 g/mol. The van der Waals surface area contributed by atoms with Crippen molar-refractivity contribution in [3.05, 3.63) is 71.3 Å². The van der Waals surface area contributed by atoms with E-state index < -0.39 is 5.00 Å². The van der Waals surface area contributed by atoms with Crippen LogP contribution in [0.3, 0.4) is 0 Å². The molecule has 0 aliphatic carbocycles. The summed E-state index contributed by atoms with van der Waals surface area (Å²) in [6, 6.07) is 13.4. The van der Waals surface area contributed by atoms with Crippen molar-refractivity contribution in [3.63, 3.8) is 0 Å². The van der Waals surface area contributed by atoms with Gasteiger partial charge in [0.25, 0.3) is 0 Å². The second-order valence-electron chi connectivity index (χ2n) is 10.8. The fourth-order valence-corrected chi connectivity index (χ4v) is 6.67. The molecule has 1 aliphatic rings. The van der Waals surface area contributed by atoms with E-state index in [1.807, 2.05) is 6.08 Å². The van der Waals surface area contributed by atoms with Crippen molar-refractivity contribution >= 4 is 27.2 Å². The van der Waals surface area contributed by atoms with Gasteiger partial charge in [-0.2, -0.15) is 0 Å². The Balaban J connectivity index is 2.24. The molecule has 0 amide bonds.